The normalized spacial score (nSPS) is 10.7. The first kappa shape index (κ1) is 22.3. The van der Waals surface area contributed by atoms with Gasteiger partial charge in [-0.1, -0.05) is 44.0 Å². The van der Waals surface area contributed by atoms with E-state index in [-0.39, 0.29) is 5.97 Å². The topological polar surface area (TPSA) is 74.5 Å². The van der Waals surface area contributed by atoms with Crippen LogP contribution in [0.25, 0.3) is 34.0 Å². The minimum absolute atomic E-state index is 0.387. The zero-order valence-electron chi connectivity index (χ0n) is 18.8. The molecule has 168 valence electrons. The lowest BCUT2D eigenvalue weighted by Crippen LogP contribution is -2.00. The van der Waals surface area contributed by atoms with E-state index >= 15 is 0 Å². The van der Waals surface area contributed by atoms with Crippen molar-refractivity contribution in [3.05, 3.63) is 78.4 Å². The fourth-order valence-corrected chi connectivity index (χ4v) is 3.41. The monoisotopic (exact) mass is 442 g/mol. The molecule has 6 nitrogen and oxygen atoms in total. The van der Waals surface area contributed by atoms with E-state index in [0.717, 1.165) is 41.0 Å². The molecule has 0 aliphatic carbocycles. The summed E-state index contributed by atoms with van der Waals surface area (Å²) < 4.78 is 16.3. The van der Waals surface area contributed by atoms with E-state index < -0.39 is 0 Å². The molecule has 0 aliphatic heterocycles. The van der Waals surface area contributed by atoms with Crippen LogP contribution in [0.1, 0.15) is 36.5 Å². The van der Waals surface area contributed by atoms with Gasteiger partial charge in [-0.2, -0.15) is 0 Å². The van der Waals surface area contributed by atoms with Gasteiger partial charge in [-0.05, 0) is 66.1 Å². The van der Waals surface area contributed by atoms with E-state index in [1.165, 1.54) is 20.0 Å². The van der Waals surface area contributed by atoms with E-state index in [2.05, 4.69) is 29.3 Å². The second-order valence-electron chi connectivity index (χ2n) is 7.64. The van der Waals surface area contributed by atoms with Crippen LogP contribution in [0.2, 0.25) is 0 Å². The average Bonchev–Trinajstić information content (AvgIpc) is 3.37. The van der Waals surface area contributed by atoms with Gasteiger partial charge in [-0.3, -0.25) is 0 Å². The summed E-state index contributed by atoms with van der Waals surface area (Å²) in [5.41, 5.74) is 4.23. The average molecular weight is 443 g/mol. The minimum Gasteiger partial charge on any atom is -0.494 e. The summed E-state index contributed by atoms with van der Waals surface area (Å²) in [4.78, 5) is 11.6. The smallest absolute Gasteiger partial charge is 0.337 e. The quantitative estimate of drug-likeness (QED) is 0.220. The number of esters is 1. The highest BCUT2D eigenvalue weighted by Crippen LogP contribution is 2.28. The Hall–Kier alpha value is -3.93. The molecule has 0 N–H and O–H groups in total. The van der Waals surface area contributed by atoms with Crippen LogP contribution in [0, 0.1) is 0 Å². The predicted octanol–water partition coefficient (Wildman–Crippen LogP) is 6.43. The SMILES string of the molecule is CCCCCOc1ccc(-c2ccc(-c3nnc(-c4ccc(C(=O)OC)cc4)o3)cc2)cc1. The van der Waals surface area contributed by atoms with Crippen molar-refractivity contribution >= 4 is 5.97 Å². The highest BCUT2D eigenvalue weighted by molar-refractivity contribution is 5.89. The van der Waals surface area contributed by atoms with Crippen LogP contribution in [0.4, 0.5) is 0 Å². The van der Waals surface area contributed by atoms with Gasteiger partial charge < -0.3 is 13.9 Å². The zero-order valence-corrected chi connectivity index (χ0v) is 18.8. The van der Waals surface area contributed by atoms with Gasteiger partial charge in [-0.25, -0.2) is 4.79 Å². The maximum absolute atomic E-state index is 11.6. The van der Waals surface area contributed by atoms with Crippen LogP contribution < -0.4 is 4.74 Å². The summed E-state index contributed by atoms with van der Waals surface area (Å²) in [5, 5.41) is 8.30. The molecule has 0 saturated heterocycles. The van der Waals surface area contributed by atoms with Crippen molar-refractivity contribution in [2.45, 2.75) is 26.2 Å². The fraction of sp³-hybridized carbons (Fsp3) is 0.222. The van der Waals surface area contributed by atoms with Crippen molar-refractivity contribution in [3.8, 4) is 39.8 Å². The molecule has 6 heteroatoms. The number of nitrogens with zero attached hydrogens (tertiary/aromatic N) is 2. The molecule has 0 atom stereocenters. The van der Waals surface area contributed by atoms with Crippen molar-refractivity contribution in [2.75, 3.05) is 13.7 Å². The number of methoxy groups -OCH3 is 1. The maximum atomic E-state index is 11.6. The second kappa shape index (κ2) is 10.6. The largest absolute Gasteiger partial charge is 0.494 e. The van der Waals surface area contributed by atoms with Gasteiger partial charge in [0.1, 0.15) is 5.75 Å². The van der Waals surface area contributed by atoms with Crippen LogP contribution >= 0.6 is 0 Å². The van der Waals surface area contributed by atoms with Gasteiger partial charge in [0.15, 0.2) is 0 Å². The molecular weight excluding hydrogens is 416 g/mol. The summed E-state index contributed by atoms with van der Waals surface area (Å²) in [5.74, 6) is 1.33. The van der Waals surface area contributed by atoms with Crippen LogP contribution in [-0.4, -0.2) is 29.9 Å². The summed E-state index contributed by atoms with van der Waals surface area (Å²) in [6, 6.07) is 23.0. The second-order valence-corrected chi connectivity index (χ2v) is 7.64. The van der Waals surface area contributed by atoms with Crippen LogP contribution in [-0.2, 0) is 4.74 Å². The number of carbonyl (C=O) groups excluding carboxylic acids is 1. The number of benzene rings is 3. The summed E-state index contributed by atoms with van der Waals surface area (Å²) in [6.45, 7) is 2.94. The lowest BCUT2D eigenvalue weighted by atomic mass is 10.0. The van der Waals surface area contributed by atoms with E-state index in [0.29, 0.717) is 17.3 Å². The number of ether oxygens (including phenoxy) is 2. The molecule has 0 spiro atoms. The molecule has 1 aromatic heterocycles. The third-order valence-electron chi connectivity index (χ3n) is 5.31. The first-order chi connectivity index (χ1) is 16.2. The molecule has 3 aromatic carbocycles. The van der Waals surface area contributed by atoms with Gasteiger partial charge in [0.05, 0.1) is 19.3 Å². The van der Waals surface area contributed by atoms with Gasteiger partial charge in [0.2, 0.25) is 11.8 Å². The van der Waals surface area contributed by atoms with Gasteiger partial charge in [-0.15, -0.1) is 10.2 Å². The van der Waals surface area contributed by atoms with Crippen molar-refractivity contribution in [1.29, 1.82) is 0 Å². The van der Waals surface area contributed by atoms with Gasteiger partial charge >= 0.3 is 5.97 Å². The summed E-state index contributed by atoms with van der Waals surface area (Å²) >= 11 is 0. The Balaban J connectivity index is 1.42. The molecule has 1 heterocycles. The van der Waals surface area contributed by atoms with E-state index in [4.69, 9.17) is 13.9 Å². The predicted molar refractivity (Wildman–Crippen MR) is 127 cm³/mol. The lowest BCUT2D eigenvalue weighted by molar-refractivity contribution is 0.0600. The molecule has 0 aliphatic rings. The van der Waals surface area contributed by atoms with Gasteiger partial charge in [0, 0.05) is 11.1 Å². The number of hydrogen-bond donors (Lipinski definition) is 0. The van der Waals surface area contributed by atoms with Crippen molar-refractivity contribution in [2.24, 2.45) is 0 Å². The Morgan fingerprint density at radius 1 is 0.758 bits per heavy atom. The number of carbonyl (C=O) groups is 1. The number of unbranched alkanes of at least 4 members (excludes halogenated alkanes) is 2. The van der Waals surface area contributed by atoms with E-state index in [1.807, 2.05) is 36.4 Å². The maximum Gasteiger partial charge on any atom is 0.337 e. The Morgan fingerprint density at radius 2 is 1.27 bits per heavy atom. The fourth-order valence-electron chi connectivity index (χ4n) is 3.41. The van der Waals surface area contributed by atoms with Crippen molar-refractivity contribution in [1.82, 2.24) is 10.2 Å². The van der Waals surface area contributed by atoms with E-state index in [1.54, 1.807) is 24.3 Å². The standard InChI is InChI=1S/C27H26N2O4/c1-3-4-5-18-32-24-16-14-20(15-17-24)19-6-8-21(9-7-19)25-28-29-26(33-25)22-10-12-23(13-11-22)27(30)31-2/h6-17H,3-5,18H2,1-2H3. The number of aromatic nitrogens is 2. The molecule has 4 aromatic rings. The highest BCUT2D eigenvalue weighted by atomic mass is 16.5. The van der Waals surface area contributed by atoms with Crippen LogP contribution in [0.15, 0.2) is 77.2 Å². The molecule has 0 bridgehead atoms. The molecule has 0 amide bonds. The number of rotatable bonds is 9. The molecule has 0 fully saturated rings. The molecule has 0 saturated carbocycles. The Labute approximate surface area is 193 Å². The Morgan fingerprint density at radius 3 is 1.82 bits per heavy atom. The Bertz CT molecular complexity index is 1180. The van der Waals surface area contributed by atoms with Crippen molar-refractivity contribution < 1.29 is 18.7 Å². The van der Waals surface area contributed by atoms with Crippen LogP contribution in [0.5, 0.6) is 5.75 Å². The minimum atomic E-state index is -0.387. The lowest BCUT2D eigenvalue weighted by Gasteiger charge is -2.07. The summed E-state index contributed by atoms with van der Waals surface area (Å²) in [6.07, 6.45) is 3.46. The molecule has 0 unspecified atom stereocenters. The molecule has 33 heavy (non-hydrogen) atoms. The summed E-state index contributed by atoms with van der Waals surface area (Å²) in [7, 11) is 1.35. The molecule has 4 rings (SSSR count). The van der Waals surface area contributed by atoms with Gasteiger partial charge in [0.25, 0.3) is 0 Å². The first-order valence-electron chi connectivity index (χ1n) is 11.0. The number of hydrogen-bond acceptors (Lipinski definition) is 6. The molecule has 0 radical (unpaired) electrons. The first-order valence-corrected chi connectivity index (χ1v) is 11.0. The highest BCUT2D eigenvalue weighted by Gasteiger charge is 2.12. The van der Waals surface area contributed by atoms with Crippen LogP contribution in [0.3, 0.4) is 0 Å². The Kier molecular flexibility index (Phi) is 7.15. The van der Waals surface area contributed by atoms with Crippen molar-refractivity contribution in [3.63, 3.8) is 0 Å². The zero-order chi connectivity index (χ0) is 23.0. The third-order valence-corrected chi connectivity index (χ3v) is 5.31. The van der Waals surface area contributed by atoms with E-state index in [9.17, 15) is 4.79 Å². The molecular formula is C27H26N2O4. The third kappa shape index (κ3) is 5.47.